The second-order valence-electron chi connectivity index (χ2n) is 3.16. The van der Waals surface area contributed by atoms with Crippen LogP contribution in [-0.4, -0.2) is 28.2 Å². The molecule has 82 valence electrons. The van der Waals surface area contributed by atoms with Crippen LogP contribution in [0.2, 0.25) is 0 Å². The van der Waals surface area contributed by atoms with E-state index in [1.54, 1.807) is 12.4 Å². The quantitative estimate of drug-likeness (QED) is 0.750. The first-order chi connectivity index (χ1) is 7.72. The van der Waals surface area contributed by atoms with E-state index in [1.807, 2.05) is 0 Å². The van der Waals surface area contributed by atoms with Gasteiger partial charge in [-0.15, -0.1) is 0 Å². The molecule has 1 aromatic heterocycles. The van der Waals surface area contributed by atoms with Crippen molar-refractivity contribution in [2.45, 2.75) is 0 Å². The zero-order chi connectivity index (χ0) is 11.5. The van der Waals surface area contributed by atoms with Crippen LogP contribution >= 0.6 is 0 Å². The number of H-pyrrole nitrogens is 1. The minimum absolute atomic E-state index is 0.0580. The Morgan fingerprint density at radius 1 is 1.50 bits per heavy atom. The first-order valence-corrected chi connectivity index (χ1v) is 4.63. The van der Waals surface area contributed by atoms with Gasteiger partial charge in [0, 0.05) is 12.4 Å². The molecule has 0 fully saturated rings. The Bertz CT molecular complexity index is 506. The summed E-state index contributed by atoms with van der Waals surface area (Å²) in [5, 5.41) is 9.65. The molecule has 2 N–H and O–H groups in total. The summed E-state index contributed by atoms with van der Waals surface area (Å²) in [5.41, 5.74) is 0.833. The third-order valence-corrected chi connectivity index (χ3v) is 2.17. The van der Waals surface area contributed by atoms with Crippen LogP contribution in [0.5, 0.6) is 5.75 Å². The van der Waals surface area contributed by atoms with Crippen LogP contribution in [0.25, 0.3) is 11.4 Å². The summed E-state index contributed by atoms with van der Waals surface area (Å²) in [4.78, 5) is 18.2. The molecule has 0 spiro atoms. The highest BCUT2D eigenvalue weighted by Crippen LogP contribution is 2.27. The standard InChI is InChI=1S/C11H10N2O3/c1-16-11(15)7-2-3-9(14)8(6-7)10-12-4-5-13-10/h2-6,14H,1H3,(H,12,13). The van der Waals surface area contributed by atoms with E-state index >= 15 is 0 Å². The SMILES string of the molecule is COC(=O)c1ccc(O)c(-c2ncc[nH]2)c1. The number of esters is 1. The van der Waals surface area contributed by atoms with Gasteiger partial charge in [-0.25, -0.2) is 9.78 Å². The normalized spacial score (nSPS) is 10.1. The number of phenols is 1. The molecule has 0 bridgehead atoms. The van der Waals surface area contributed by atoms with Crippen molar-refractivity contribution in [2.24, 2.45) is 0 Å². The lowest BCUT2D eigenvalue weighted by Gasteiger charge is -2.04. The molecule has 5 heteroatoms. The van der Waals surface area contributed by atoms with Crippen LogP contribution in [0.4, 0.5) is 0 Å². The number of hydrogen-bond acceptors (Lipinski definition) is 4. The molecule has 0 aliphatic heterocycles. The second kappa shape index (κ2) is 4.06. The van der Waals surface area contributed by atoms with E-state index in [2.05, 4.69) is 14.7 Å². The Hall–Kier alpha value is -2.30. The number of carbonyl (C=O) groups is 1. The van der Waals surface area contributed by atoms with E-state index in [4.69, 9.17) is 0 Å². The number of rotatable bonds is 2. The monoisotopic (exact) mass is 218 g/mol. The van der Waals surface area contributed by atoms with Crippen molar-refractivity contribution >= 4 is 5.97 Å². The maximum atomic E-state index is 11.3. The van der Waals surface area contributed by atoms with Gasteiger partial charge >= 0.3 is 5.97 Å². The lowest BCUT2D eigenvalue weighted by molar-refractivity contribution is 0.0601. The number of aromatic hydroxyl groups is 1. The maximum absolute atomic E-state index is 11.3. The van der Waals surface area contributed by atoms with Crippen LogP contribution in [0.15, 0.2) is 30.6 Å². The molecular formula is C11H10N2O3. The number of ether oxygens (including phenoxy) is 1. The topological polar surface area (TPSA) is 75.2 Å². The number of carbonyl (C=O) groups excluding carboxylic acids is 1. The highest BCUT2D eigenvalue weighted by Gasteiger charge is 2.11. The van der Waals surface area contributed by atoms with E-state index in [9.17, 15) is 9.90 Å². The Morgan fingerprint density at radius 2 is 2.31 bits per heavy atom. The highest BCUT2D eigenvalue weighted by molar-refractivity contribution is 5.91. The summed E-state index contributed by atoms with van der Waals surface area (Å²) in [7, 11) is 1.31. The third kappa shape index (κ3) is 1.75. The van der Waals surface area contributed by atoms with Crippen molar-refractivity contribution in [2.75, 3.05) is 7.11 Å². The van der Waals surface area contributed by atoms with Gasteiger partial charge in [0.2, 0.25) is 0 Å². The van der Waals surface area contributed by atoms with Crippen molar-refractivity contribution in [3.8, 4) is 17.1 Å². The number of methoxy groups -OCH3 is 1. The predicted molar refractivity (Wildman–Crippen MR) is 57.0 cm³/mol. The zero-order valence-electron chi connectivity index (χ0n) is 8.60. The fraction of sp³-hybridized carbons (Fsp3) is 0.0909. The molecule has 0 radical (unpaired) electrons. The fourth-order valence-electron chi connectivity index (χ4n) is 1.38. The largest absolute Gasteiger partial charge is 0.507 e. The Labute approximate surface area is 91.7 Å². The summed E-state index contributed by atoms with van der Waals surface area (Å²) in [5.74, 6) is 0.110. The van der Waals surface area contributed by atoms with Gasteiger partial charge in [-0.05, 0) is 18.2 Å². The van der Waals surface area contributed by atoms with Gasteiger partial charge in [-0.1, -0.05) is 0 Å². The molecule has 0 saturated carbocycles. The average molecular weight is 218 g/mol. The van der Waals surface area contributed by atoms with Gasteiger partial charge in [0.1, 0.15) is 11.6 Å². The van der Waals surface area contributed by atoms with Gasteiger partial charge in [-0.2, -0.15) is 0 Å². The molecule has 0 aliphatic rings. The first kappa shape index (κ1) is 10.2. The predicted octanol–water partition coefficient (Wildman–Crippen LogP) is 1.57. The van der Waals surface area contributed by atoms with Crippen molar-refractivity contribution < 1.29 is 14.6 Å². The minimum atomic E-state index is -0.451. The Balaban J connectivity index is 2.49. The number of nitrogens with zero attached hydrogens (tertiary/aromatic N) is 1. The van der Waals surface area contributed by atoms with Crippen molar-refractivity contribution in [3.63, 3.8) is 0 Å². The number of benzene rings is 1. The van der Waals surface area contributed by atoms with Crippen LogP contribution < -0.4 is 0 Å². The van der Waals surface area contributed by atoms with E-state index in [1.165, 1.54) is 25.3 Å². The van der Waals surface area contributed by atoms with E-state index in [-0.39, 0.29) is 5.75 Å². The second-order valence-corrected chi connectivity index (χ2v) is 3.16. The summed E-state index contributed by atoms with van der Waals surface area (Å²) in [6.07, 6.45) is 3.21. The van der Waals surface area contributed by atoms with Crippen LogP contribution in [-0.2, 0) is 4.74 Å². The first-order valence-electron chi connectivity index (χ1n) is 4.63. The van der Waals surface area contributed by atoms with Crippen molar-refractivity contribution in [1.82, 2.24) is 9.97 Å². The number of phenolic OH excluding ortho intramolecular Hbond substituents is 1. The van der Waals surface area contributed by atoms with Gasteiger partial charge < -0.3 is 14.8 Å². The number of aromatic nitrogens is 2. The Morgan fingerprint density at radius 3 is 2.94 bits per heavy atom. The number of aromatic amines is 1. The highest BCUT2D eigenvalue weighted by atomic mass is 16.5. The van der Waals surface area contributed by atoms with Crippen LogP contribution in [0.1, 0.15) is 10.4 Å². The molecule has 2 aromatic rings. The molecular weight excluding hydrogens is 208 g/mol. The molecule has 0 aliphatic carbocycles. The molecule has 16 heavy (non-hydrogen) atoms. The van der Waals surface area contributed by atoms with Gasteiger partial charge in [0.15, 0.2) is 0 Å². The molecule has 5 nitrogen and oxygen atoms in total. The average Bonchev–Trinajstić information content (AvgIpc) is 2.82. The van der Waals surface area contributed by atoms with Crippen molar-refractivity contribution in [1.29, 1.82) is 0 Å². The third-order valence-electron chi connectivity index (χ3n) is 2.17. The molecule has 0 amide bonds. The summed E-state index contributed by atoms with van der Waals surface area (Å²) >= 11 is 0. The molecule has 0 unspecified atom stereocenters. The molecule has 0 atom stereocenters. The van der Waals surface area contributed by atoms with Gasteiger partial charge in [-0.3, -0.25) is 0 Å². The van der Waals surface area contributed by atoms with E-state index < -0.39 is 5.97 Å². The maximum Gasteiger partial charge on any atom is 0.337 e. The van der Waals surface area contributed by atoms with E-state index in [0.717, 1.165) is 0 Å². The number of nitrogens with one attached hydrogen (secondary N) is 1. The number of imidazole rings is 1. The van der Waals surface area contributed by atoms with Crippen molar-refractivity contribution in [3.05, 3.63) is 36.2 Å². The molecule has 0 saturated heterocycles. The minimum Gasteiger partial charge on any atom is -0.507 e. The molecule has 2 rings (SSSR count). The summed E-state index contributed by atoms with van der Waals surface area (Å²) < 4.78 is 4.60. The summed E-state index contributed by atoms with van der Waals surface area (Å²) in [6.45, 7) is 0. The van der Waals surface area contributed by atoms with Gasteiger partial charge in [0.25, 0.3) is 0 Å². The lowest BCUT2D eigenvalue weighted by atomic mass is 10.1. The smallest absolute Gasteiger partial charge is 0.337 e. The van der Waals surface area contributed by atoms with E-state index in [0.29, 0.717) is 17.0 Å². The van der Waals surface area contributed by atoms with Crippen LogP contribution in [0.3, 0.4) is 0 Å². The number of hydrogen-bond donors (Lipinski definition) is 2. The lowest BCUT2D eigenvalue weighted by Crippen LogP contribution is -2.01. The fourth-order valence-corrected chi connectivity index (χ4v) is 1.38. The molecule has 1 heterocycles. The molecule has 1 aromatic carbocycles. The van der Waals surface area contributed by atoms with Gasteiger partial charge in [0.05, 0.1) is 18.2 Å². The van der Waals surface area contributed by atoms with Crippen LogP contribution in [0, 0.1) is 0 Å². The Kier molecular flexibility index (Phi) is 2.59. The zero-order valence-corrected chi connectivity index (χ0v) is 8.60. The summed E-state index contributed by atoms with van der Waals surface area (Å²) in [6, 6.07) is 4.46.